The zero-order chi connectivity index (χ0) is 15.3. The number of benzene rings is 1. The first-order valence-electron chi connectivity index (χ1n) is 6.74. The third-order valence-electron chi connectivity index (χ3n) is 3.59. The summed E-state index contributed by atoms with van der Waals surface area (Å²) in [5, 5.41) is 0.661. The van der Waals surface area contributed by atoms with Crippen LogP contribution in [-0.4, -0.2) is 4.98 Å². The molecule has 0 saturated carbocycles. The van der Waals surface area contributed by atoms with Gasteiger partial charge in [0.05, 0.1) is 5.56 Å². The van der Waals surface area contributed by atoms with Gasteiger partial charge >= 0.3 is 6.18 Å². The second-order valence-corrected chi connectivity index (χ2v) is 6.59. The van der Waals surface area contributed by atoms with Gasteiger partial charge in [-0.25, -0.2) is 0 Å². The number of H-pyrrole nitrogens is 1. The Hall–Kier alpha value is -1.45. The molecule has 0 aliphatic heterocycles. The first kappa shape index (κ1) is 14.9. The summed E-state index contributed by atoms with van der Waals surface area (Å²) in [5.41, 5.74) is 1.30. The van der Waals surface area contributed by atoms with Crippen molar-refractivity contribution in [1.29, 1.82) is 0 Å². The summed E-state index contributed by atoms with van der Waals surface area (Å²) < 4.78 is 39.8. The molecule has 0 fully saturated rings. The topological polar surface area (TPSA) is 15.8 Å². The summed E-state index contributed by atoms with van der Waals surface area (Å²) >= 11 is 0. The Balaban J connectivity index is 2.79. The molecule has 1 N–H and O–H groups in total. The Morgan fingerprint density at radius 1 is 1.00 bits per heavy atom. The van der Waals surface area contributed by atoms with E-state index in [0.717, 1.165) is 11.1 Å². The number of alkyl halides is 3. The molecule has 0 amide bonds. The Bertz CT molecular complexity index is 627. The summed E-state index contributed by atoms with van der Waals surface area (Å²) in [7, 11) is 0. The molecule has 110 valence electrons. The Labute approximate surface area is 117 Å². The molecule has 0 aliphatic carbocycles. The number of hydrogen-bond acceptors (Lipinski definition) is 0. The molecule has 1 nitrogen and oxygen atoms in total. The van der Waals surface area contributed by atoms with E-state index in [-0.39, 0.29) is 11.3 Å². The van der Waals surface area contributed by atoms with E-state index in [0.29, 0.717) is 10.9 Å². The number of rotatable bonds is 1. The van der Waals surface area contributed by atoms with Crippen molar-refractivity contribution in [3.05, 3.63) is 35.0 Å². The standard InChI is InChI=1S/C16H20F3N/c1-9(2)10-7-14-11(6-12(10)16(17,18)19)13(8-20-14)15(3,4)5/h6-9,20H,1-5H3. The highest BCUT2D eigenvalue weighted by Crippen LogP contribution is 2.40. The summed E-state index contributed by atoms with van der Waals surface area (Å²) in [5.74, 6) is -0.169. The molecule has 1 aromatic heterocycles. The summed E-state index contributed by atoms with van der Waals surface area (Å²) in [6, 6.07) is 2.93. The third kappa shape index (κ3) is 2.56. The zero-order valence-corrected chi connectivity index (χ0v) is 12.4. The van der Waals surface area contributed by atoms with Gasteiger partial charge in [-0.05, 0) is 34.6 Å². The highest BCUT2D eigenvalue weighted by molar-refractivity contribution is 5.86. The highest BCUT2D eigenvalue weighted by Gasteiger charge is 2.35. The molecular formula is C16H20F3N. The molecule has 0 radical (unpaired) electrons. The van der Waals surface area contributed by atoms with Gasteiger partial charge in [-0.2, -0.15) is 13.2 Å². The molecule has 0 atom stereocenters. The zero-order valence-electron chi connectivity index (χ0n) is 12.4. The number of halogens is 3. The smallest absolute Gasteiger partial charge is 0.361 e. The molecule has 20 heavy (non-hydrogen) atoms. The fourth-order valence-electron chi connectivity index (χ4n) is 2.53. The van der Waals surface area contributed by atoms with Gasteiger partial charge in [0.15, 0.2) is 0 Å². The van der Waals surface area contributed by atoms with E-state index in [4.69, 9.17) is 0 Å². The lowest BCUT2D eigenvalue weighted by molar-refractivity contribution is -0.138. The van der Waals surface area contributed by atoms with E-state index in [9.17, 15) is 13.2 Å². The number of fused-ring (bicyclic) bond motifs is 1. The van der Waals surface area contributed by atoms with Crippen molar-refractivity contribution in [3.8, 4) is 0 Å². The van der Waals surface area contributed by atoms with Crippen molar-refractivity contribution in [2.24, 2.45) is 0 Å². The van der Waals surface area contributed by atoms with Crippen molar-refractivity contribution in [2.45, 2.75) is 52.1 Å². The van der Waals surface area contributed by atoms with Gasteiger partial charge in [-0.1, -0.05) is 34.6 Å². The molecule has 4 heteroatoms. The summed E-state index contributed by atoms with van der Waals surface area (Å²) in [6.45, 7) is 9.56. The lowest BCUT2D eigenvalue weighted by Gasteiger charge is -2.20. The van der Waals surface area contributed by atoms with Crippen molar-refractivity contribution in [3.63, 3.8) is 0 Å². The second-order valence-electron chi connectivity index (χ2n) is 6.59. The first-order chi connectivity index (χ1) is 9.01. The molecule has 1 heterocycles. The van der Waals surface area contributed by atoms with E-state index in [1.165, 1.54) is 6.07 Å². The average molecular weight is 283 g/mol. The lowest BCUT2D eigenvalue weighted by atomic mass is 9.85. The van der Waals surface area contributed by atoms with Crippen LogP contribution < -0.4 is 0 Å². The molecule has 0 spiro atoms. The van der Waals surface area contributed by atoms with E-state index < -0.39 is 11.7 Å². The number of hydrogen-bond donors (Lipinski definition) is 1. The largest absolute Gasteiger partial charge is 0.416 e. The van der Waals surface area contributed by atoms with Gasteiger partial charge in [0.25, 0.3) is 0 Å². The number of aromatic amines is 1. The van der Waals surface area contributed by atoms with Crippen LogP contribution in [0.1, 0.15) is 57.2 Å². The first-order valence-corrected chi connectivity index (χ1v) is 6.74. The van der Waals surface area contributed by atoms with Crippen LogP contribution >= 0.6 is 0 Å². The number of aromatic nitrogens is 1. The maximum absolute atomic E-state index is 13.3. The van der Waals surface area contributed by atoms with Crippen LogP contribution in [0.3, 0.4) is 0 Å². The van der Waals surface area contributed by atoms with Gasteiger partial charge in [-0.15, -0.1) is 0 Å². The molecular weight excluding hydrogens is 263 g/mol. The minimum atomic E-state index is -4.32. The van der Waals surface area contributed by atoms with E-state index in [1.54, 1.807) is 19.9 Å². The predicted molar refractivity (Wildman–Crippen MR) is 76.1 cm³/mol. The molecule has 0 saturated heterocycles. The highest BCUT2D eigenvalue weighted by atomic mass is 19.4. The second kappa shape index (κ2) is 4.54. The Kier molecular flexibility index (Phi) is 3.39. The Morgan fingerprint density at radius 3 is 2.05 bits per heavy atom. The minimum absolute atomic E-state index is 0.169. The molecule has 0 bridgehead atoms. The fraction of sp³-hybridized carbons (Fsp3) is 0.500. The third-order valence-corrected chi connectivity index (χ3v) is 3.59. The monoisotopic (exact) mass is 283 g/mol. The molecule has 0 aliphatic rings. The van der Waals surface area contributed by atoms with Gasteiger partial charge < -0.3 is 4.98 Å². The average Bonchev–Trinajstić information content (AvgIpc) is 2.67. The predicted octanol–water partition coefficient (Wildman–Crippen LogP) is 5.61. The van der Waals surface area contributed by atoms with Gasteiger partial charge in [-0.3, -0.25) is 0 Å². The van der Waals surface area contributed by atoms with Crippen LogP contribution in [0.2, 0.25) is 0 Å². The summed E-state index contributed by atoms with van der Waals surface area (Å²) in [4.78, 5) is 3.10. The maximum Gasteiger partial charge on any atom is 0.416 e. The van der Waals surface area contributed by atoms with E-state index in [2.05, 4.69) is 4.98 Å². The SMILES string of the molecule is CC(C)c1cc2[nH]cc(C(C)(C)C)c2cc1C(F)(F)F. The van der Waals surface area contributed by atoms with Gasteiger partial charge in [0, 0.05) is 17.1 Å². The van der Waals surface area contributed by atoms with Gasteiger partial charge in [0.2, 0.25) is 0 Å². The van der Waals surface area contributed by atoms with Crippen molar-refractivity contribution >= 4 is 10.9 Å². The van der Waals surface area contributed by atoms with Crippen LogP contribution in [0.5, 0.6) is 0 Å². The fourth-order valence-corrected chi connectivity index (χ4v) is 2.53. The normalized spacial score (nSPS) is 13.4. The van der Waals surface area contributed by atoms with Crippen molar-refractivity contribution in [2.75, 3.05) is 0 Å². The number of nitrogens with one attached hydrogen (secondary N) is 1. The van der Waals surface area contributed by atoms with Crippen LogP contribution in [-0.2, 0) is 11.6 Å². The maximum atomic E-state index is 13.3. The van der Waals surface area contributed by atoms with Crippen LogP contribution in [0.15, 0.2) is 18.3 Å². The lowest BCUT2D eigenvalue weighted by Crippen LogP contribution is -2.12. The minimum Gasteiger partial charge on any atom is -0.361 e. The Morgan fingerprint density at radius 2 is 1.60 bits per heavy atom. The molecule has 0 unspecified atom stereocenters. The van der Waals surface area contributed by atoms with Crippen LogP contribution in [0.4, 0.5) is 13.2 Å². The van der Waals surface area contributed by atoms with Crippen LogP contribution in [0, 0.1) is 0 Å². The molecule has 1 aromatic carbocycles. The van der Waals surface area contributed by atoms with Crippen molar-refractivity contribution in [1.82, 2.24) is 4.98 Å². The summed E-state index contributed by atoms with van der Waals surface area (Å²) in [6.07, 6.45) is -2.50. The van der Waals surface area contributed by atoms with E-state index >= 15 is 0 Å². The van der Waals surface area contributed by atoms with E-state index in [1.807, 2.05) is 27.0 Å². The van der Waals surface area contributed by atoms with Crippen molar-refractivity contribution < 1.29 is 13.2 Å². The quantitative estimate of drug-likeness (QED) is 0.700. The van der Waals surface area contributed by atoms with Crippen LogP contribution in [0.25, 0.3) is 10.9 Å². The van der Waals surface area contributed by atoms with Gasteiger partial charge in [0.1, 0.15) is 0 Å². The molecule has 2 aromatic rings. The molecule has 2 rings (SSSR count).